The van der Waals surface area contributed by atoms with E-state index in [0.717, 1.165) is 9.80 Å². The second-order valence-corrected chi connectivity index (χ2v) is 7.89. The summed E-state index contributed by atoms with van der Waals surface area (Å²) in [6.45, 7) is 0. The Balaban J connectivity index is 1.89. The number of benzene rings is 3. The summed E-state index contributed by atoms with van der Waals surface area (Å²) in [5, 5.41) is 0. The highest BCUT2D eigenvalue weighted by molar-refractivity contribution is 8.04. The van der Waals surface area contributed by atoms with E-state index >= 15 is 0 Å². The molecule has 0 N–H and O–H groups in total. The zero-order valence-corrected chi connectivity index (χ0v) is 18.6. The molecule has 7 heteroatoms. The molecule has 3 aromatic rings. The number of ether oxygens (including phenoxy) is 3. The number of anilines is 1. The molecule has 0 radical (unpaired) electrons. The van der Waals surface area contributed by atoms with Crippen molar-refractivity contribution in [1.82, 2.24) is 0 Å². The number of thioether (sulfide) groups is 1. The molecule has 0 aliphatic carbocycles. The Labute approximate surface area is 190 Å². The van der Waals surface area contributed by atoms with Crippen molar-refractivity contribution >= 4 is 34.8 Å². The van der Waals surface area contributed by atoms with E-state index in [1.165, 1.54) is 33.1 Å². The lowest BCUT2D eigenvalue weighted by atomic mass is 10.0. The monoisotopic (exact) mass is 447 g/mol. The number of carbonyl (C=O) groups excluding carboxylic acids is 2. The third-order valence-electron chi connectivity index (χ3n) is 5.01. The predicted octanol–water partition coefficient (Wildman–Crippen LogP) is 4.79. The van der Waals surface area contributed by atoms with E-state index in [4.69, 9.17) is 14.2 Å². The summed E-state index contributed by atoms with van der Waals surface area (Å²) in [7, 11) is 4.55. The largest absolute Gasteiger partial charge is 0.497 e. The van der Waals surface area contributed by atoms with Gasteiger partial charge in [0.1, 0.15) is 17.2 Å². The Morgan fingerprint density at radius 2 is 1.41 bits per heavy atom. The first-order valence-corrected chi connectivity index (χ1v) is 10.6. The van der Waals surface area contributed by atoms with Crippen LogP contribution in [0.2, 0.25) is 0 Å². The zero-order valence-electron chi connectivity index (χ0n) is 17.8. The second-order valence-electron chi connectivity index (χ2n) is 6.80. The van der Waals surface area contributed by atoms with Crippen LogP contribution in [0.25, 0.3) is 5.57 Å². The van der Waals surface area contributed by atoms with Gasteiger partial charge in [0.05, 0.1) is 37.5 Å². The van der Waals surface area contributed by atoms with Crippen molar-refractivity contribution in [3.8, 4) is 17.2 Å². The van der Waals surface area contributed by atoms with Gasteiger partial charge in [0.2, 0.25) is 0 Å². The molecule has 0 aromatic heterocycles. The van der Waals surface area contributed by atoms with E-state index in [-0.39, 0.29) is 5.57 Å². The summed E-state index contributed by atoms with van der Waals surface area (Å²) in [6.07, 6.45) is 0. The Morgan fingerprint density at radius 3 is 2.09 bits per heavy atom. The van der Waals surface area contributed by atoms with E-state index in [1.54, 1.807) is 30.3 Å². The fourth-order valence-electron chi connectivity index (χ4n) is 3.49. The summed E-state index contributed by atoms with van der Waals surface area (Å²) >= 11 is 1.25. The topological polar surface area (TPSA) is 65.1 Å². The van der Waals surface area contributed by atoms with Crippen LogP contribution in [0.15, 0.2) is 82.6 Å². The third-order valence-corrected chi connectivity index (χ3v) is 6.10. The van der Waals surface area contributed by atoms with Crippen molar-refractivity contribution in [2.24, 2.45) is 0 Å². The third kappa shape index (κ3) is 3.83. The van der Waals surface area contributed by atoms with Crippen LogP contribution in [0.4, 0.5) is 5.69 Å². The Kier molecular flexibility index (Phi) is 6.18. The van der Waals surface area contributed by atoms with Gasteiger partial charge in [-0.2, -0.15) is 0 Å². The normalized spacial score (nSPS) is 13.5. The van der Waals surface area contributed by atoms with Gasteiger partial charge < -0.3 is 14.2 Å². The van der Waals surface area contributed by atoms with Crippen LogP contribution in [0.1, 0.15) is 5.56 Å². The molecule has 0 saturated heterocycles. The summed E-state index contributed by atoms with van der Waals surface area (Å²) < 4.78 is 16.2. The summed E-state index contributed by atoms with van der Waals surface area (Å²) in [4.78, 5) is 29.7. The molecule has 32 heavy (non-hydrogen) atoms. The molecule has 2 amide bonds. The van der Waals surface area contributed by atoms with Gasteiger partial charge in [-0.25, -0.2) is 4.90 Å². The molecule has 1 aliphatic rings. The lowest BCUT2D eigenvalue weighted by molar-refractivity contribution is -0.119. The molecule has 0 saturated carbocycles. The van der Waals surface area contributed by atoms with Crippen LogP contribution in [0.5, 0.6) is 17.2 Å². The molecule has 0 bridgehead atoms. The van der Waals surface area contributed by atoms with Crippen molar-refractivity contribution < 1.29 is 23.8 Å². The zero-order chi connectivity index (χ0) is 22.7. The van der Waals surface area contributed by atoms with E-state index in [2.05, 4.69) is 0 Å². The van der Waals surface area contributed by atoms with Crippen molar-refractivity contribution in [2.45, 2.75) is 4.90 Å². The van der Waals surface area contributed by atoms with Gasteiger partial charge in [0.15, 0.2) is 0 Å². The lowest BCUT2D eigenvalue weighted by Gasteiger charge is -2.19. The SMILES string of the molecule is COc1ccc(OC)c(N2C(=O)C(Sc3ccccc3)=C(c3ccccc3OC)C2=O)c1. The maximum absolute atomic E-state index is 13.7. The van der Waals surface area contributed by atoms with Crippen LogP contribution in [0, 0.1) is 0 Å². The van der Waals surface area contributed by atoms with E-state index in [1.807, 2.05) is 42.5 Å². The molecule has 4 rings (SSSR count). The Hall–Kier alpha value is -3.71. The highest BCUT2D eigenvalue weighted by atomic mass is 32.2. The average molecular weight is 448 g/mol. The van der Waals surface area contributed by atoms with Crippen molar-refractivity contribution in [2.75, 3.05) is 26.2 Å². The fraction of sp³-hybridized carbons (Fsp3) is 0.120. The van der Waals surface area contributed by atoms with Crippen LogP contribution >= 0.6 is 11.8 Å². The molecule has 6 nitrogen and oxygen atoms in total. The van der Waals surface area contributed by atoms with Gasteiger partial charge in [0.25, 0.3) is 11.8 Å². The van der Waals surface area contributed by atoms with E-state index in [9.17, 15) is 9.59 Å². The first kappa shape index (κ1) is 21.5. The minimum atomic E-state index is -0.454. The first-order valence-electron chi connectivity index (χ1n) is 9.80. The number of carbonyl (C=O) groups is 2. The first-order chi connectivity index (χ1) is 15.6. The van der Waals surface area contributed by atoms with E-state index in [0.29, 0.717) is 33.4 Å². The summed E-state index contributed by atoms with van der Waals surface area (Å²) in [6, 6.07) is 21.6. The number of methoxy groups -OCH3 is 3. The molecule has 3 aromatic carbocycles. The highest BCUT2D eigenvalue weighted by Crippen LogP contribution is 2.45. The lowest BCUT2D eigenvalue weighted by Crippen LogP contribution is -2.31. The van der Waals surface area contributed by atoms with E-state index < -0.39 is 11.8 Å². The number of imide groups is 1. The smallest absolute Gasteiger partial charge is 0.273 e. The Morgan fingerprint density at radius 1 is 0.719 bits per heavy atom. The van der Waals surface area contributed by atoms with Crippen molar-refractivity contribution in [3.63, 3.8) is 0 Å². The maximum atomic E-state index is 13.7. The number of amides is 2. The summed E-state index contributed by atoms with van der Waals surface area (Å²) in [5.41, 5.74) is 1.15. The fourth-order valence-corrected chi connectivity index (χ4v) is 4.50. The van der Waals surface area contributed by atoms with Crippen molar-refractivity contribution in [3.05, 3.63) is 83.3 Å². The standard InChI is InChI=1S/C25H21NO5S/c1-29-16-13-14-21(31-3)19(15-16)26-24(27)22(18-11-7-8-12-20(18)30-2)23(25(26)28)32-17-9-5-4-6-10-17/h4-15H,1-3H3. The summed E-state index contributed by atoms with van der Waals surface area (Å²) in [5.74, 6) is 0.511. The van der Waals surface area contributed by atoms with Gasteiger partial charge in [0, 0.05) is 16.5 Å². The number of rotatable bonds is 7. The quantitative estimate of drug-likeness (QED) is 0.485. The van der Waals surface area contributed by atoms with Crippen LogP contribution in [-0.2, 0) is 9.59 Å². The Bertz CT molecular complexity index is 1210. The van der Waals surface area contributed by atoms with Crippen LogP contribution in [0.3, 0.4) is 0 Å². The molecular formula is C25H21NO5S. The molecule has 1 heterocycles. The van der Waals surface area contributed by atoms with Gasteiger partial charge >= 0.3 is 0 Å². The highest BCUT2D eigenvalue weighted by Gasteiger charge is 2.42. The molecule has 0 atom stereocenters. The number of para-hydroxylation sites is 1. The second kappa shape index (κ2) is 9.20. The maximum Gasteiger partial charge on any atom is 0.273 e. The van der Waals surface area contributed by atoms with Crippen LogP contribution < -0.4 is 19.1 Å². The molecule has 1 aliphatic heterocycles. The minimum Gasteiger partial charge on any atom is -0.497 e. The molecule has 0 fully saturated rings. The average Bonchev–Trinajstić information content (AvgIpc) is 3.08. The van der Waals surface area contributed by atoms with Crippen LogP contribution in [-0.4, -0.2) is 33.1 Å². The molecule has 162 valence electrons. The minimum absolute atomic E-state index is 0.283. The van der Waals surface area contributed by atoms with Crippen molar-refractivity contribution in [1.29, 1.82) is 0 Å². The molecule has 0 spiro atoms. The number of nitrogens with zero attached hydrogens (tertiary/aromatic N) is 1. The number of hydrogen-bond acceptors (Lipinski definition) is 6. The van der Waals surface area contributed by atoms with Gasteiger partial charge in [-0.3, -0.25) is 9.59 Å². The van der Waals surface area contributed by atoms with Gasteiger partial charge in [-0.1, -0.05) is 48.2 Å². The molecular weight excluding hydrogens is 426 g/mol. The number of hydrogen-bond donors (Lipinski definition) is 0. The molecule has 0 unspecified atom stereocenters. The van der Waals surface area contributed by atoms with Gasteiger partial charge in [-0.05, 0) is 30.3 Å². The van der Waals surface area contributed by atoms with Gasteiger partial charge in [-0.15, -0.1) is 0 Å². The predicted molar refractivity (Wildman–Crippen MR) is 124 cm³/mol.